The quantitative estimate of drug-likeness (QED) is 0.117. The van der Waals surface area contributed by atoms with E-state index >= 15 is 0 Å². The smallest absolute Gasteiger partial charge is 0.282 e. The highest BCUT2D eigenvalue weighted by atomic mass is 35.5. The second-order valence-corrected chi connectivity index (χ2v) is 9.40. The number of furan rings is 1. The number of non-ortho nitro benzene ring substituents is 1. The van der Waals surface area contributed by atoms with Gasteiger partial charge in [-0.3, -0.25) is 14.9 Å². The number of nitro benzene ring substituents is 1. The number of hydrogen-bond donors (Lipinski definition) is 0. The molecule has 2 aromatic heterocycles. The monoisotopic (exact) mass is 568 g/mol. The molecule has 0 radical (unpaired) electrons. The van der Waals surface area contributed by atoms with E-state index in [-0.39, 0.29) is 35.2 Å². The highest BCUT2D eigenvalue weighted by Crippen LogP contribution is 2.29. The van der Waals surface area contributed by atoms with Gasteiger partial charge in [0.25, 0.3) is 11.2 Å². The van der Waals surface area contributed by atoms with Crippen LogP contribution in [-0.2, 0) is 6.61 Å². The van der Waals surface area contributed by atoms with Crippen molar-refractivity contribution >= 4 is 45.4 Å². The lowest BCUT2D eigenvalue weighted by molar-refractivity contribution is -0.384. The fraction of sp³-hybridized carbons (Fsp3) is 0.0333. The van der Waals surface area contributed by atoms with E-state index in [1.165, 1.54) is 30.5 Å². The number of aromatic nitrogens is 2. The first-order valence-electron chi connectivity index (χ1n) is 12.3. The third-order valence-electron chi connectivity index (χ3n) is 6.31. The van der Waals surface area contributed by atoms with Crippen molar-refractivity contribution in [1.82, 2.24) is 9.66 Å². The Hall–Kier alpha value is -5.35. The molecule has 0 bridgehead atoms. The largest absolute Gasteiger partial charge is 0.488 e. The molecular formula is C30H18ClFN4O5. The fourth-order valence-electron chi connectivity index (χ4n) is 4.29. The third kappa shape index (κ3) is 5.15. The van der Waals surface area contributed by atoms with Crippen LogP contribution < -0.4 is 10.3 Å². The SMILES string of the molecule is O=c1c2ccccc2nc(-c2cc3cc(Cl)ccc3o2)n1N=Cc1cc([N+](=O)[O-])ccc1OCc1ccccc1F. The van der Waals surface area contributed by atoms with Gasteiger partial charge in [-0.2, -0.15) is 9.78 Å². The highest BCUT2D eigenvalue weighted by Gasteiger charge is 2.18. The molecule has 0 saturated heterocycles. The van der Waals surface area contributed by atoms with E-state index in [4.69, 9.17) is 20.8 Å². The molecule has 202 valence electrons. The molecule has 0 atom stereocenters. The topological polar surface area (TPSA) is 113 Å². The van der Waals surface area contributed by atoms with Crippen molar-refractivity contribution in [3.63, 3.8) is 0 Å². The van der Waals surface area contributed by atoms with Gasteiger partial charge < -0.3 is 9.15 Å². The van der Waals surface area contributed by atoms with Crippen LogP contribution in [0.15, 0.2) is 105 Å². The maximum atomic E-state index is 14.2. The molecule has 0 saturated carbocycles. The van der Waals surface area contributed by atoms with Crippen LogP contribution in [0.25, 0.3) is 33.5 Å². The zero-order chi connectivity index (χ0) is 28.5. The van der Waals surface area contributed by atoms with Gasteiger partial charge in [-0.1, -0.05) is 41.9 Å². The molecule has 0 unspecified atom stereocenters. The van der Waals surface area contributed by atoms with Gasteiger partial charge in [-0.05, 0) is 48.5 Å². The molecule has 41 heavy (non-hydrogen) atoms. The number of nitro groups is 1. The lowest BCUT2D eigenvalue weighted by Gasteiger charge is -2.10. The fourth-order valence-corrected chi connectivity index (χ4v) is 4.47. The molecule has 0 aliphatic rings. The summed E-state index contributed by atoms with van der Waals surface area (Å²) in [6.45, 7) is -0.129. The molecule has 0 aliphatic carbocycles. The zero-order valence-electron chi connectivity index (χ0n) is 21.0. The van der Waals surface area contributed by atoms with Gasteiger partial charge in [0.05, 0.1) is 22.0 Å². The second kappa shape index (κ2) is 10.7. The first-order chi connectivity index (χ1) is 19.9. The molecule has 9 nitrogen and oxygen atoms in total. The summed E-state index contributed by atoms with van der Waals surface area (Å²) >= 11 is 6.13. The number of ether oxygens (including phenoxy) is 1. The minimum atomic E-state index is -0.563. The lowest BCUT2D eigenvalue weighted by atomic mass is 10.2. The highest BCUT2D eigenvalue weighted by molar-refractivity contribution is 6.31. The molecule has 11 heteroatoms. The molecule has 0 aliphatic heterocycles. The number of hydrogen-bond acceptors (Lipinski definition) is 7. The zero-order valence-corrected chi connectivity index (χ0v) is 21.8. The Morgan fingerprint density at radius 3 is 2.68 bits per heavy atom. The van der Waals surface area contributed by atoms with Crippen LogP contribution in [0, 0.1) is 15.9 Å². The Bertz CT molecular complexity index is 2050. The molecule has 0 fully saturated rings. The minimum absolute atomic E-state index is 0.108. The first kappa shape index (κ1) is 25.9. The Kier molecular flexibility index (Phi) is 6.74. The van der Waals surface area contributed by atoms with Crippen molar-refractivity contribution in [2.24, 2.45) is 5.10 Å². The molecule has 4 aromatic carbocycles. The van der Waals surface area contributed by atoms with Crippen LogP contribution in [0.1, 0.15) is 11.1 Å². The van der Waals surface area contributed by atoms with Gasteiger partial charge in [0.1, 0.15) is 23.8 Å². The van der Waals surface area contributed by atoms with Crippen molar-refractivity contribution in [3.05, 3.63) is 133 Å². The number of para-hydroxylation sites is 1. The minimum Gasteiger partial charge on any atom is -0.488 e. The number of halogens is 2. The summed E-state index contributed by atoms with van der Waals surface area (Å²) in [5.41, 5.74) is 0.753. The van der Waals surface area contributed by atoms with Gasteiger partial charge in [0.2, 0.25) is 5.82 Å². The Labute approximate surface area is 235 Å². The predicted molar refractivity (Wildman–Crippen MR) is 153 cm³/mol. The molecule has 0 spiro atoms. The Balaban J connectivity index is 1.47. The van der Waals surface area contributed by atoms with Crippen LogP contribution >= 0.6 is 11.6 Å². The van der Waals surface area contributed by atoms with Gasteiger partial charge in [0.15, 0.2) is 5.76 Å². The lowest BCUT2D eigenvalue weighted by Crippen LogP contribution is -2.20. The van der Waals surface area contributed by atoms with Crippen molar-refractivity contribution in [3.8, 4) is 17.3 Å². The maximum absolute atomic E-state index is 14.2. The average molecular weight is 569 g/mol. The number of fused-ring (bicyclic) bond motifs is 2. The average Bonchev–Trinajstić information content (AvgIpc) is 3.39. The van der Waals surface area contributed by atoms with Crippen LogP contribution in [0.3, 0.4) is 0 Å². The van der Waals surface area contributed by atoms with E-state index in [0.717, 1.165) is 4.68 Å². The molecular weight excluding hydrogens is 551 g/mol. The Morgan fingerprint density at radius 2 is 1.85 bits per heavy atom. The van der Waals surface area contributed by atoms with Crippen molar-refractivity contribution < 1.29 is 18.5 Å². The van der Waals surface area contributed by atoms with Gasteiger partial charge in [-0.15, -0.1) is 0 Å². The standard InChI is InChI=1S/C30H18ClFN4O5/c31-21-9-11-27-19(13-21)15-28(41-27)29-34-25-8-4-2-6-23(25)30(37)35(29)33-16-20-14-22(36(38)39)10-12-26(20)40-17-18-5-1-3-7-24(18)32/h1-16H,17H2. The van der Waals surface area contributed by atoms with E-state index < -0.39 is 16.3 Å². The van der Waals surface area contributed by atoms with Crippen LogP contribution in [-0.4, -0.2) is 20.8 Å². The normalized spacial score (nSPS) is 11.5. The maximum Gasteiger partial charge on any atom is 0.282 e. The van der Waals surface area contributed by atoms with Crippen molar-refractivity contribution in [2.75, 3.05) is 0 Å². The summed E-state index contributed by atoms with van der Waals surface area (Å²) in [6.07, 6.45) is 1.25. The summed E-state index contributed by atoms with van der Waals surface area (Å²) in [4.78, 5) is 29.2. The summed E-state index contributed by atoms with van der Waals surface area (Å²) < 4.78 is 27.0. The van der Waals surface area contributed by atoms with Gasteiger partial charge in [-0.25, -0.2) is 9.37 Å². The van der Waals surface area contributed by atoms with Crippen molar-refractivity contribution in [2.45, 2.75) is 6.61 Å². The van der Waals surface area contributed by atoms with E-state index in [2.05, 4.69) is 10.1 Å². The predicted octanol–water partition coefficient (Wildman–Crippen LogP) is 6.97. The molecule has 0 N–H and O–H groups in total. The summed E-state index contributed by atoms with van der Waals surface area (Å²) in [6, 6.07) is 23.6. The molecule has 0 amide bonds. The molecule has 6 rings (SSSR count). The van der Waals surface area contributed by atoms with E-state index in [1.54, 1.807) is 66.7 Å². The Morgan fingerprint density at radius 1 is 1.05 bits per heavy atom. The third-order valence-corrected chi connectivity index (χ3v) is 6.55. The number of benzene rings is 4. The summed E-state index contributed by atoms with van der Waals surface area (Å²) in [5, 5.41) is 17.4. The number of rotatable bonds is 7. The van der Waals surface area contributed by atoms with Crippen LogP contribution in [0.4, 0.5) is 10.1 Å². The van der Waals surface area contributed by atoms with Gasteiger partial charge in [0, 0.05) is 33.7 Å². The van der Waals surface area contributed by atoms with Crippen LogP contribution in [0.2, 0.25) is 5.02 Å². The first-order valence-corrected chi connectivity index (χ1v) is 12.7. The van der Waals surface area contributed by atoms with Crippen molar-refractivity contribution in [1.29, 1.82) is 0 Å². The van der Waals surface area contributed by atoms with E-state index in [1.807, 2.05) is 0 Å². The van der Waals surface area contributed by atoms with Crippen LogP contribution in [0.5, 0.6) is 5.75 Å². The van der Waals surface area contributed by atoms with Gasteiger partial charge >= 0.3 is 0 Å². The number of nitrogens with zero attached hydrogens (tertiary/aromatic N) is 4. The van der Waals surface area contributed by atoms with E-state index in [0.29, 0.717) is 32.5 Å². The summed E-state index contributed by atoms with van der Waals surface area (Å²) in [5.74, 6) is 0.119. The molecule has 6 aromatic rings. The van der Waals surface area contributed by atoms with E-state index in [9.17, 15) is 19.3 Å². The molecule has 2 heterocycles. The summed E-state index contributed by atoms with van der Waals surface area (Å²) in [7, 11) is 0. The second-order valence-electron chi connectivity index (χ2n) is 8.97.